The summed E-state index contributed by atoms with van der Waals surface area (Å²) in [5.74, 6) is -2.43. The smallest absolute Gasteiger partial charge is 0.415 e. The second-order valence-electron chi connectivity index (χ2n) is 4.94. The first-order valence-electron chi connectivity index (χ1n) is 7.04. The summed E-state index contributed by atoms with van der Waals surface area (Å²) in [5.41, 5.74) is -6.99. The molecule has 142 valence electrons. The number of aromatic hydroxyl groups is 1. The lowest BCUT2D eigenvalue weighted by atomic mass is 10.0. The van der Waals surface area contributed by atoms with Gasteiger partial charge in [0.2, 0.25) is 5.58 Å². The van der Waals surface area contributed by atoms with Gasteiger partial charge in [0.25, 0.3) is 5.75 Å². The third-order valence-corrected chi connectivity index (χ3v) is 3.40. The second-order valence-corrected chi connectivity index (χ2v) is 4.94. The van der Waals surface area contributed by atoms with E-state index in [-0.39, 0.29) is 6.61 Å². The van der Waals surface area contributed by atoms with Crippen molar-refractivity contribution in [2.24, 2.45) is 0 Å². The molecule has 1 aromatic heterocycles. The molecule has 2 aromatic rings. The Balaban J connectivity index is 3.06. The number of phenols is 1. The summed E-state index contributed by atoms with van der Waals surface area (Å²) in [7, 11) is 0. The predicted molar refractivity (Wildman–Crippen MR) is 84.4 cm³/mol. The van der Waals surface area contributed by atoms with Gasteiger partial charge in [-0.15, -0.1) is 0 Å². The molecule has 0 radical (unpaired) electrons. The molecule has 1 heterocycles. The van der Waals surface area contributed by atoms with Crippen molar-refractivity contribution in [1.29, 1.82) is 0 Å². The van der Waals surface area contributed by atoms with Crippen LogP contribution in [0, 0.1) is 30.3 Å². The lowest BCUT2D eigenvalue weighted by molar-refractivity contribution is -0.395. The number of nitrogens with zero attached hydrogens (tertiary/aromatic N) is 3. The first kappa shape index (κ1) is 19.2. The van der Waals surface area contributed by atoms with Gasteiger partial charge in [0, 0.05) is 11.5 Å². The predicted octanol–water partition coefficient (Wildman–Crippen LogP) is 1.33. The zero-order valence-electron chi connectivity index (χ0n) is 13.4. The monoisotopic (exact) mass is 383 g/mol. The molecule has 27 heavy (non-hydrogen) atoms. The molecule has 1 N–H and O–H groups in total. The number of hydrogen-bond donors (Lipinski definition) is 1. The molecule has 1 aromatic carbocycles. The summed E-state index contributed by atoms with van der Waals surface area (Å²) in [6.45, 7) is 1.34. The van der Waals surface area contributed by atoms with Gasteiger partial charge in [-0.2, -0.15) is 0 Å². The highest BCUT2D eigenvalue weighted by atomic mass is 16.6. The van der Waals surface area contributed by atoms with E-state index in [1.807, 2.05) is 0 Å². The van der Waals surface area contributed by atoms with Crippen LogP contribution in [0.3, 0.4) is 0 Å². The molecule has 0 aliphatic rings. The first-order chi connectivity index (χ1) is 12.6. The van der Waals surface area contributed by atoms with E-state index >= 15 is 0 Å². The van der Waals surface area contributed by atoms with Crippen molar-refractivity contribution in [1.82, 2.24) is 0 Å². The molecule has 0 atom stereocenters. The van der Waals surface area contributed by atoms with Gasteiger partial charge in [-0.3, -0.25) is 35.1 Å². The SMILES string of the molecule is CCOC(=O)Cc1c([N+](=O)[O-])c(=O)oc2c([N+](=O)[O-])c(O)c([N+](=O)[O-])cc12. The molecule has 2 rings (SSSR count). The minimum absolute atomic E-state index is 0.104. The quantitative estimate of drug-likeness (QED) is 0.325. The number of ether oxygens (including phenoxy) is 1. The second kappa shape index (κ2) is 7.03. The maximum absolute atomic E-state index is 11.9. The van der Waals surface area contributed by atoms with E-state index in [9.17, 15) is 45.0 Å². The van der Waals surface area contributed by atoms with Gasteiger partial charge in [-0.25, -0.2) is 4.79 Å². The number of fused-ring (bicyclic) bond motifs is 1. The summed E-state index contributed by atoms with van der Waals surface area (Å²) in [4.78, 5) is 53.6. The van der Waals surface area contributed by atoms with Crippen molar-refractivity contribution in [3.63, 3.8) is 0 Å². The van der Waals surface area contributed by atoms with Gasteiger partial charge in [0.05, 0.1) is 33.4 Å². The van der Waals surface area contributed by atoms with Crippen LogP contribution in [0.25, 0.3) is 11.0 Å². The van der Waals surface area contributed by atoms with Crippen LogP contribution in [-0.2, 0) is 16.0 Å². The Morgan fingerprint density at radius 3 is 2.22 bits per heavy atom. The van der Waals surface area contributed by atoms with Crippen molar-refractivity contribution < 1.29 is 33.8 Å². The van der Waals surface area contributed by atoms with Crippen molar-refractivity contribution in [2.45, 2.75) is 13.3 Å². The number of esters is 1. The molecule has 0 amide bonds. The molecule has 0 saturated heterocycles. The Morgan fingerprint density at radius 1 is 1.15 bits per heavy atom. The van der Waals surface area contributed by atoms with Crippen LogP contribution in [0.1, 0.15) is 12.5 Å². The van der Waals surface area contributed by atoms with Crippen molar-refractivity contribution in [2.75, 3.05) is 6.61 Å². The Labute approximate surface area is 147 Å². The molecule has 0 aliphatic heterocycles. The lowest BCUT2D eigenvalue weighted by Gasteiger charge is -2.07. The zero-order chi connectivity index (χ0) is 20.5. The van der Waals surface area contributed by atoms with E-state index in [2.05, 4.69) is 9.15 Å². The topological polar surface area (TPSA) is 206 Å². The van der Waals surface area contributed by atoms with Gasteiger partial charge in [0.1, 0.15) is 0 Å². The van der Waals surface area contributed by atoms with E-state index in [1.54, 1.807) is 0 Å². The third kappa shape index (κ3) is 3.35. The van der Waals surface area contributed by atoms with Gasteiger partial charge >= 0.3 is 28.7 Å². The average molecular weight is 383 g/mol. The highest BCUT2D eigenvalue weighted by Crippen LogP contribution is 2.43. The van der Waals surface area contributed by atoms with E-state index < -0.39 is 72.1 Å². The van der Waals surface area contributed by atoms with Crippen LogP contribution >= 0.6 is 0 Å². The fraction of sp³-hybridized carbons (Fsp3) is 0.231. The van der Waals surface area contributed by atoms with Gasteiger partial charge in [0.15, 0.2) is 0 Å². The van der Waals surface area contributed by atoms with Crippen LogP contribution in [0.5, 0.6) is 5.75 Å². The van der Waals surface area contributed by atoms with E-state index in [0.717, 1.165) is 0 Å². The minimum atomic E-state index is -1.64. The maximum atomic E-state index is 11.9. The maximum Gasteiger partial charge on any atom is 0.415 e. The molecule has 0 saturated carbocycles. The molecular weight excluding hydrogens is 374 g/mol. The zero-order valence-corrected chi connectivity index (χ0v) is 13.4. The molecule has 0 bridgehead atoms. The van der Waals surface area contributed by atoms with Crippen LogP contribution in [0.15, 0.2) is 15.3 Å². The molecule has 0 spiro atoms. The largest absolute Gasteiger partial charge is 0.497 e. The average Bonchev–Trinajstić information content (AvgIpc) is 2.53. The van der Waals surface area contributed by atoms with Gasteiger partial charge in [-0.05, 0) is 6.92 Å². The van der Waals surface area contributed by atoms with E-state index in [4.69, 9.17) is 0 Å². The molecule has 0 fully saturated rings. The highest BCUT2D eigenvalue weighted by molar-refractivity contribution is 5.97. The van der Waals surface area contributed by atoms with Crippen LogP contribution in [-0.4, -0.2) is 32.5 Å². The van der Waals surface area contributed by atoms with Crippen LogP contribution in [0.4, 0.5) is 17.1 Å². The van der Waals surface area contributed by atoms with Crippen molar-refractivity contribution in [3.8, 4) is 5.75 Å². The Kier molecular flexibility index (Phi) is 5.00. The summed E-state index contributed by atoms with van der Waals surface area (Å²) in [6.07, 6.45) is -0.884. The van der Waals surface area contributed by atoms with Crippen molar-refractivity contribution >= 4 is 34.0 Å². The standard InChI is InChI=1S/C13H9N3O11/c1-2-26-8(17)4-5-6-3-7(14(20)21)11(18)10(16(24)25)12(6)27-13(19)9(5)15(22)23/h3,18H,2,4H2,1H3. The summed E-state index contributed by atoms with van der Waals surface area (Å²) in [5, 5.41) is 42.6. The van der Waals surface area contributed by atoms with Crippen molar-refractivity contribution in [3.05, 3.63) is 52.4 Å². The normalized spacial score (nSPS) is 10.6. The highest BCUT2D eigenvalue weighted by Gasteiger charge is 2.36. The number of nitro groups is 3. The number of nitro benzene ring substituents is 2. The van der Waals surface area contributed by atoms with Crippen LogP contribution < -0.4 is 5.63 Å². The number of benzene rings is 1. The number of carbonyl (C=O) groups is 1. The van der Waals surface area contributed by atoms with Gasteiger partial charge in [-0.1, -0.05) is 0 Å². The molecule has 14 nitrogen and oxygen atoms in total. The fourth-order valence-corrected chi connectivity index (χ4v) is 2.37. The lowest BCUT2D eigenvalue weighted by Crippen LogP contribution is -2.16. The Hall–Kier alpha value is -4.10. The van der Waals surface area contributed by atoms with E-state index in [1.165, 1.54) is 6.92 Å². The Morgan fingerprint density at radius 2 is 1.74 bits per heavy atom. The Bertz CT molecular complexity index is 1060. The molecule has 0 aliphatic carbocycles. The third-order valence-electron chi connectivity index (χ3n) is 3.40. The summed E-state index contributed by atoms with van der Waals surface area (Å²) in [6, 6.07) is 0.544. The summed E-state index contributed by atoms with van der Waals surface area (Å²) < 4.78 is 9.21. The number of carbonyl (C=O) groups excluding carboxylic acids is 1. The fourth-order valence-electron chi connectivity index (χ4n) is 2.37. The van der Waals surface area contributed by atoms with E-state index in [0.29, 0.717) is 6.07 Å². The van der Waals surface area contributed by atoms with Crippen LogP contribution in [0.2, 0.25) is 0 Å². The summed E-state index contributed by atoms with van der Waals surface area (Å²) >= 11 is 0. The minimum Gasteiger partial charge on any atom is -0.497 e. The number of rotatable bonds is 6. The number of phenolic OH excluding ortho intramolecular Hbond substituents is 1. The first-order valence-corrected chi connectivity index (χ1v) is 7.04. The molecular formula is C13H9N3O11. The molecule has 14 heteroatoms. The number of hydrogen-bond acceptors (Lipinski definition) is 11. The van der Waals surface area contributed by atoms with Gasteiger partial charge < -0.3 is 14.3 Å². The molecule has 0 unspecified atom stereocenters.